The van der Waals surface area contributed by atoms with Gasteiger partial charge in [-0.1, -0.05) is 12.0 Å². The molecule has 2 amide bonds. The van der Waals surface area contributed by atoms with E-state index in [1.165, 1.54) is 0 Å². The van der Waals surface area contributed by atoms with Crippen molar-refractivity contribution in [2.75, 3.05) is 12.4 Å². The zero-order valence-corrected chi connectivity index (χ0v) is 9.28. The van der Waals surface area contributed by atoms with Crippen LogP contribution < -0.4 is 15.4 Å². The van der Waals surface area contributed by atoms with E-state index in [-0.39, 0.29) is 12.1 Å². The van der Waals surface area contributed by atoms with Crippen molar-refractivity contribution < 1.29 is 9.53 Å². The molecular formula is C12H14N2O2. The van der Waals surface area contributed by atoms with Crippen LogP contribution in [0.5, 0.6) is 5.75 Å². The van der Waals surface area contributed by atoms with Crippen LogP contribution in [0.25, 0.3) is 0 Å². The number of urea groups is 1. The number of benzene rings is 1. The second-order valence-electron chi connectivity index (χ2n) is 3.22. The van der Waals surface area contributed by atoms with E-state index in [0.29, 0.717) is 11.4 Å². The Labute approximate surface area is 95.0 Å². The molecule has 2 N–H and O–H groups in total. The molecule has 0 saturated carbocycles. The van der Waals surface area contributed by atoms with Crippen molar-refractivity contribution >= 4 is 11.7 Å². The van der Waals surface area contributed by atoms with E-state index >= 15 is 0 Å². The van der Waals surface area contributed by atoms with Crippen molar-refractivity contribution in [2.45, 2.75) is 13.0 Å². The summed E-state index contributed by atoms with van der Waals surface area (Å²) in [5.41, 5.74) is 0.654. The summed E-state index contributed by atoms with van der Waals surface area (Å²) in [4.78, 5) is 11.4. The number of methoxy groups -OCH3 is 1. The van der Waals surface area contributed by atoms with Crippen LogP contribution in [0.1, 0.15) is 6.92 Å². The van der Waals surface area contributed by atoms with E-state index in [2.05, 4.69) is 16.6 Å². The first-order valence-corrected chi connectivity index (χ1v) is 4.83. The van der Waals surface area contributed by atoms with Crippen molar-refractivity contribution in [2.24, 2.45) is 0 Å². The summed E-state index contributed by atoms with van der Waals surface area (Å²) < 4.78 is 5.03. The highest BCUT2D eigenvalue weighted by Crippen LogP contribution is 2.16. The number of hydrogen-bond acceptors (Lipinski definition) is 2. The molecule has 0 aliphatic heterocycles. The number of terminal acetylenes is 1. The molecule has 0 bridgehead atoms. The maximum absolute atomic E-state index is 11.4. The third kappa shape index (κ3) is 3.54. The highest BCUT2D eigenvalue weighted by atomic mass is 16.5. The van der Waals surface area contributed by atoms with E-state index in [4.69, 9.17) is 11.2 Å². The topological polar surface area (TPSA) is 50.4 Å². The fourth-order valence-electron chi connectivity index (χ4n) is 1.11. The van der Waals surface area contributed by atoms with Gasteiger partial charge in [-0.15, -0.1) is 6.42 Å². The van der Waals surface area contributed by atoms with Crippen molar-refractivity contribution in [3.05, 3.63) is 24.3 Å². The molecule has 1 atom stereocenters. The van der Waals surface area contributed by atoms with Gasteiger partial charge in [0.2, 0.25) is 0 Å². The number of carbonyl (C=O) groups excluding carboxylic acids is 1. The molecule has 4 heteroatoms. The van der Waals surface area contributed by atoms with Gasteiger partial charge in [0.15, 0.2) is 0 Å². The first-order valence-electron chi connectivity index (χ1n) is 4.83. The van der Waals surface area contributed by atoms with Crippen LogP contribution in [0.3, 0.4) is 0 Å². The lowest BCUT2D eigenvalue weighted by molar-refractivity contribution is 0.251. The minimum Gasteiger partial charge on any atom is -0.497 e. The Balaban J connectivity index is 2.59. The predicted molar refractivity (Wildman–Crippen MR) is 63.4 cm³/mol. The third-order valence-corrected chi connectivity index (χ3v) is 1.93. The Morgan fingerprint density at radius 3 is 2.94 bits per heavy atom. The average molecular weight is 218 g/mol. The molecule has 1 rings (SSSR count). The number of ether oxygens (including phenoxy) is 1. The standard InChI is InChI=1S/C12H14N2O2/c1-4-9(2)13-12(15)14-10-6-5-7-11(8-10)16-3/h1,5-9H,2-3H3,(H2,13,14,15). The molecule has 0 aliphatic carbocycles. The first kappa shape index (κ1) is 11.9. The summed E-state index contributed by atoms with van der Waals surface area (Å²) >= 11 is 0. The number of hydrogen-bond donors (Lipinski definition) is 2. The van der Waals surface area contributed by atoms with Gasteiger partial charge in [0.05, 0.1) is 13.2 Å². The van der Waals surface area contributed by atoms with Crippen LogP contribution in [-0.2, 0) is 0 Å². The van der Waals surface area contributed by atoms with Crippen LogP contribution in [-0.4, -0.2) is 19.2 Å². The average Bonchev–Trinajstić information content (AvgIpc) is 2.28. The SMILES string of the molecule is C#CC(C)NC(=O)Nc1cccc(OC)c1. The second kappa shape index (κ2) is 5.66. The van der Waals surface area contributed by atoms with Gasteiger partial charge in [-0.05, 0) is 19.1 Å². The van der Waals surface area contributed by atoms with E-state index < -0.39 is 0 Å². The van der Waals surface area contributed by atoms with Crippen LogP contribution in [0.15, 0.2) is 24.3 Å². The van der Waals surface area contributed by atoms with E-state index in [1.807, 2.05) is 0 Å². The largest absolute Gasteiger partial charge is 0.497 e. The zero-order chi connectivity index (χ0) is 12.0. The van der Waals surface area contributed by atoms with Crippen LogP contribution >= 0.6 is 0 Å². The molecular weight excluding hydrogens is 204 g/mol. The van der Waals surface area contributed by atoms with E-state index in [1.54, 1.807) is 38.3 Å². The molecule has 0 aromatic heterocycles. The Kier molecular flexibility index (Phi) is 4.22. The number of anilines is 1. The van der Waals surface area contributed by atoms with Crippen LogP contribution in [0, 0.1) is 12.3 Å². The summed E-state index contributed by atoms with van der Waals surface area (Å²) in [6.45, 7) is 1.73. The van der Waals surface area contributed by atoms with Crippen molar-refractivity contribution in [1.29, 1.82) is 0 Å². The highest BCUT2D eigenvalue weighted by molar-refractivity contribution is 5.89. The van der Waals surface area contributed by atoms with Gasteiger partial charge in [0.1, 0.15) is 5.75 Å². The van der Waals surface area contributed by atoms with Crippen molar-refractivity contribution in [3.8, 4) is 18.1 Å². The quantitative estimate of drug-likeness (QED) is 0.760. The lowest BCUT2D eigenvalue weighted by Crippen LogP contribution is -2.35. The van der Waals surface area contributed by atoms with E-state index in [0.717, 1.165) is 0 Å². The normalized spacial score (nSPS) is 11.1. The predicted octanol–water partition coefficient (Wildman–Crippen LogP) is 1.84. The molecule has 0 fully saturated rings. The van der Waals surface area contributed by atoms with Gasteiger partial charge >= 0.3 is 6.03 Å². The van der Waals surface area contributed by atoms with Crippen molar-refractivity contribution in [3.63, 3.8) is 0 Å². The van der Waals surface area contributed by atoms with Gasteiger partial charge < -0.3 is 15.4 Å². The van der Waals surface area contributed by atoms with E-state index in [9.17, 15) is 4.79 Å². The van der Waals surface area contributed by atoms with Gasteiger partial charge in [0.25, 0.3) is 0 Å². The molecule has 16 heavy (non-hydrogen) atoms. The Morgan fingerprint density at radius 1 is 1.56 bits per heavy atom. The molecule has 4 nitrogen and oxygen atoms in total. The molecule has 0 spiro atoms. The Morgan fingerprint density at radius 2 is 2.31 bits per heavy atom. The lowest BCUT2D eigenvalue weighted by atomic mass is 10.3. The fourth-order valence-corrected chi connectivity index (χ4v) is 1.11. The second-order valence-corrected chi connectivity index (χ2v) is 3.22. The minimum absolute atomic E-state index is 0.300. The molecule has 0 heterocycles. The summed E-state index contributed by atoms with van der Waals surface area (Å²) in [7, 11) is 1.57. The zero-order valence-electron chi connectivity index (χ0n) is 9.28. The molecule has 1 aromatic rings. The maximum Gasteiger partial charge on any atom is 0.320 e. The number of carbonyl (C=O) groups is 1. The smallest absolute Gasteiger partial charge is 0.320 e. The maximum atomic E-state index is 11.4. The van der Waals surface area contributed by atoms with Crippen LogP contribution in [0.4, 0.5) is 10.5 Å². The highest BCUT2D eigenvalue weighted by Gasteiger charge is 2.04. The van der Waals surface area contributed by atoms with Gasteiger partial charge in [-0.2, -0.15) is 0 Å². The Hall–Kier alpha value is -2.15. The first-order chi connectivity index (χ1) is 7.65. The Bertz CT molecular complexity index is 410. The van der Waals surface area contributed by atoms with Gasteiger partial charge in [-0.3, -0.25) is 0 Å². The summed E-state index contributed by atoms with van der Waals surface area (Å²) in [5, 5.41) is 5.24. The molecule has 0 saturated heterocycles. The fraction of sp³-hybridized carbons (Fsp3) is 0.250. The number of rotatable bonds is 3. The van der Waals surface area contributed by atoms with Crippen molar-refractivity contribution in [1.82, 2.24) is 5.32 Å². The molecule has 1 unspecified atom stereocenters. The molecule has 84 valence electrons. The lowest BCUT2D eigenvalue weighted by Gasteiger charge is -2.10. The van der Waals surface area contributed by atoms with Crippen LogP contribution in [0.2, 0.25) is 0 Å². The van der Waals surface area contributed by atoms with Gasteiger partial charge in [-0.25, -0.2) is 4.79 Å². The summed E-state index contributed by atoms with van der Waals surface area (Å²) in [6, 6.07) is 6.44. The molecule has 0 aliphatic rings. The number of amides is 2. The molecule has 1 aromatic carbocycles. The number of nitrogens with one attached hydrogen (secondary N) is 2. The molecule has 0 radical (unpaired) electrons. The summed E-state index contributed by atoms with van der Waals surface area (Å²) in [6.07, 6.45) is 5.15. The third-order valence-electron chi connectivity index (χ3n) is 1.93. The minimum atomic E-state index is -0.335. The van der Waals surface area contributed by atoms with Gasteiger partial charge in [0, 0.05) is 11.8 Å². The summed E-state index contributed by atoms with van der Waals surface area (Å²) in [5.74, 6) is 3.09. The monoisotopic (exact) mass is 218 g/mol.